The summed E-state index contributed by atoms with van der Waals surface area (Å²) in [6.07, 6.45) is 0. The molecule has 14 heavy (non-hydrogen) atoms. The van der Waals surface area contributed by atoms with Crippen LogP contribution in [0.15, 0.2) is 24.3 Å². The van der Waals surface area contributed by atoms with E-state index in [1.807, 2.05) is 0 Å². The Kier molecular flexibility index (Phi) is 4.35. The molecule has 0 aliphatic carbocycles. The number of aromatic carboxylic acids is 1. The van der Waals surface area contributed by atoms with Gasteiger partial charge in [-0.2, -0.15) is 0 Å². The summed E-state index contributed by atoms with van der Waals surface area (Å²) in [7, 11) is 0. The van der Waals surface area contributed by atoms with E-state index in [1.165, 1.54) is 19.1 Å². The number of carboxylic acid groups (broad SMARTS) is 1. The van der Waals surface area contributed by atoms with E-state index in [1.54, 1.807) is 12.1 Å². The number of benzene rings is 1. The second-order valence-electron chi connectivity index (χ2n) is 2.39. The quantitative estimate of drug-likeness (QED) is 0.580. The average molecular weight is 196 g/mol. The minimum Gasteiger partial charge on any atom is -0.478 e. The van der Waals surface area contributed by atoms with E-state index in [2.05, 4.69) is 4.74 Å². The fraction of sp³-hybridized carbons (Fsp3) is 0.200. The number of esters is 1. The van der Waals surface area contributed by atoms with E-state index in [0.717, 1.165) is 0 Å². The van der Waals surface area contributed by atoms with Crippen LogP contribution in [0.25, 0.3) is 0 Å². The van der Waals surface area contributed by atoms with Crippen LogP contribution in [0.5, 0.6) is 5.75 Å². The number of para-hydroxylation sites is 1. The Morgan fingerprint density at radius 1 is 1.29 bits per heavy atom. The summed E-state index contributed by atoms with van der Waals surface area (Å²) in [6.45, 7) is 1.22. The van der Waals surface area contributed by atoms with Crippen molar-refractivity contribution in [3.8, 4) is 5.75 Å². The zero-order valence-electron chi connectivity index (χ0n) is 6.98. The monoisotopic (exact) mass is 196 g/mol. The summed E-state index contributed by atoms with van der Waals surface area (Å²) >= 11 is 0. The molecule has 76 valence electrons. The van der Waals surface area contributed by atoms with Gasteiger partial charge in [0.15, 0.2) is 0 Å². The molecule has 1 N–H and O–H groups in total. The molecule has 1 rings (SSSR count). The van der Waals surface area contributed by atoms with Crippen LogP contribution < -0.4 is 4.74 Å². The van der Waals surface area contributed by atoms with Gasteiger partial charge in [0.05, 0.1) is 0 Å². The Bertz CT molecular complexity index is 344. The highest BCUT2D eigenvalue weighted by Crippen LogP contribution is 2.17. The van der Waals surface area contributed by atoms with Crippen molar-refractivity contribution in [1.29, 1.82) is 0 Å². The van der Waals surface area contributed by atoms with Gasteiger partial charge >= 0.3 is 11.9 Å². The first-order valence-corrected chi connectivity index (χ1v) is 3.62. The molecule has 0 fully saturated rings. The Balaban J connectivity index is 0.00000169. The summed E-state index contributed by atoms with van der Waals surface area (Å²) < 4.78 is 4.69. The van der Waals surface area contributed by atoms with Crippen molar-refractivity contribution in [2.24, 2.45) is 0 Å². The van der Waals surface area contributed by atoms with Gasteiger partial charge in [0.2, 0.25) is 0 Å². The zero-order valence-corrected chi connectivity index (χ0v) is 6.98. The maximum atomic E-state index is 10.6. The summed E-state index contributed by atoms with van der Waals surface area (Å²) in [5, 5.41) is 8.69. The molecule has 0 aliphatic rings. The fourth-order valence-electron chi connectivity index (χ4n) is 0.887. The van der Waals surface area contributed by atoms with E-state index in [9.17, 15) is 9.59 Å². The van der Waals surface area contributed by atoms with Gasteiger partial charge in [-0.3, -0.25) is 4.79 Å². The van der Waals surface area contributed by atoms with Crippen molar-refractivity contribution in [3.63, 3.8) is 0 Å². The van der Waals surface area contributed by atoms with Crippen LogP contribution in [0.1, 0.15) is 24.7 Å². The van der Waals surface area contributed by atoms with Crippen LogP contribution >= 0.6 is 0 Å². The predicted molar refractivity (Wildman–Crippen MR) is 51.4 cm³/mol. The van der Waals surface area contributed by atoms with Crippen LogP contribution in [0.4, 0.5) is 0 Å². The van der Waals surface area contributed by atoms with E-state index in [-0.39, 0.29) is 18.7 Å². The van der Waals surface area contributed by atoms with Gasteiger partial charge in [0.25, 0.3) is 0 Å². The van der Waals surface area contributed by atoms with Gasteiger partial charge in [-0.15, -0.1) is 0 Å². The van der Waals surface area contributed by atoms with Gasteiger partial charge in [-0.1, -0.05) is 19.6 Å². The van der Waals surface area contributed by atoms with E-state index in [4.69, 9.17) is 5.11 Å². The Hall–Kier alpha value is -1.84. The second kappa shape index (κ2) is 5.01. The lowest BCUT2D eigenvalue weighted by atomic mass is 10.2. The number of hydrogen-bond donors (Lipinski definition) is 1. The minimum absolute atomic E-state index is 0. The Labute approximate surface area is 82.1 Å². The molecular weight excluding hydrogens is 184 g/mol. The molecule has 0 saturated heterocycles. The maximum Gasteiger partial charge on any atom is 0.339 e. The topological polar surface area (TPSA) is 63.6 Å². The number of carbonyl (C=O) groups excluding carboxylic acids is 1. The first-order valence-electron chi connectivity index (χ1n) is 3.62. The molecule has 0 radical (unpaired) electrons. The number of carbonyl (C=O) groups is 2. The standard InChI is InChI=1S/C9H8O4.CH4/c1-6(10)13-8-5-3-2-4-7(8)9(11)12;/h2-5H,1H3,(H,11,12);1H4. The zero-order chi connectivity index (χ0) is 9.84. The first kappa shape index (κ1) is 12.2. The molecule has 0 atom stereocenters. The lowest BCUT2D eigenvalue weighted by molar-refractivity contribution is -0.131. The predicted octanol–water partition coefficient (Wildman–Crippen LogP) is 1.95. The summed E-state index contributed by atoms with van der Waals surface area (Å²) in [5.74, 6) is -1.58. The molecule has 0 saturated carbocycles. The minimum atomic E-state index is -1.11. The van der Waals surface area contributed by atoms with Crippen LogP contribution in [0.2, 0.25) is 0 Å². The molecule has 0 amide bonds. The van der Waals surface area contributed by atoms with Crippen molar-refractivity contribution in [2.75, 3.05) is 0 Å². The molecule has 1 aromatic carbocycles. The lowest BCUT2D eigenvalue weighted by Gasteiger charge is -2.03. The molecule has 1 aromatic rings. The van der Waals surface area contributed by atoms with Crippen molar-refractivity contribution in [2.45, 2.75) is 14.4 Å². The highest BCUT2D eigenvalue weighted by Gasteiger charge is 2.10. The van der Waals surface area contributed by atoms with Gasteiger partial charge < -0.3 is 9.84 Å². The molecule has 4 heteroatoms. The van der Waals surface area contributed by atoms with Gasteiger partial charge in [-0.05, 0) is 12.1 Å². The van der Waals surface area contributed by atoms with E-state index >= 15 is 0 Å². The molecule has 0 heterocycles. The summed E-state index contributed by atoms with van der Waals surface area (Å²) in [4.78, 5) is 21.2. The molecule has 0 unspecified atom stereocenters. The SMILES string of the molecule is C.CC(=O)Oc1ccccc1C(=O)O. The summed E-state index contributed by atoms with van der Waals surface area (Å²) in [5.41, 5.74) is -0.0160. The molecule has 4 nitrogen and oxygen atoms in total. The highest BCUT2D eigenvalue weighted by molar-refractivity contribution is 5.91. The van der Waals surface area contributed by atoms with Crippen LogP contribution in [0.3, 0.4) is 0 Å². The number of hydrogen-bond acceptors (Lipinski definition) is 3. The van der Waals surface area contributed by atoms with Crippen LogP contribution in [-0.2, 0) is 4.79 Å². The highest BCUT2D eigenvalue weighted by atomic mass is 16.5. The number of ether oxygens (including phenoxy) is 1. The Morgan fingerprint density at radius 2 is 1.86 bits per heavy atom. The molecule has 0 aliphatic heterocycles. The molecule has 0 aromatic heterocycles. The first-order chi connectivity index (χ1) is 6.11. The third-order valence-electron chi connectivity index (χ3n) is 1.37. The van der Waals surface area contributed by atoms with Crippen molar-refractivity contribution >= 4 is 11.9 Å². The normalized spacial score (nSPS) is 8.64. The largest absolute Gasteiger partial charge is 0.478 e. The number of carboxylic acids is 1. The third-order valence-corrected chi connectivity index (χ3v) is 1.37. The third kappa shape index (κ3) is 2.90. The van der Waals surface area contributed by atoms with E-state index < -0.39 is 11.9 Å². The molecular formula is C10H12O4. The second-order valence-corrected chi connectivity index (χ2v) is 2.39. The average Bonchev–Trinajstić information content (AvgIpc) is 2.03. The van der Waals surface area contributed by atoms with Crippen molar-refractivity contribution in [3.05, 3.63) is 29.8 Å². The smallest absolute Gasteiger partial charge is 0.339 e. The van der Waals surface area contributed by atoms with E-state index in [0.29, 0.717) is 0 Å². The number of rotatable bonds is 2. The lowest BCUT2D eigenvalue weighted by Crippen LogP contribution is -2.06. The van der Waals surface area contributed by atoms with Crippen molar-refractivity contribution in [1.82, 2.24) is 0 Å². The van der Waals surface area contributed by atoms with Gasteiger partial charge in [0, 0.05) is 6.92 Å². The Morgan fingerprint density at radius 3 is 2.36 bits per heavy atom. The van der Waals surface area contributed by atoms with Crippen molar-refractivity contribution < 1.29 is 19.4 Å². The van der Waals surface area contributed by atoms with Crippen LogP contribution in [0, 0.1) is 0 Å². The molecule has 0 bridgehead atoms. The van der Waals surface area contributed by atoms with Gasteiger partial charge in [0.1, 0.15) is 11.3 Å². The van der Waals surface area contributed by atoms with Gasteiger partial charge in [-0.25, -0.2) is 4.79 Å². The van der Waals surface area contributed by atoms with Crippen LogP contribution in [-0.4, -0.2) is 17.0 Å². The molecule has 0 spiro atoms. The fourth-order valence-corrected chi connectivity index (χ4v) is 0.887. The maximum absolute atomic E-state index is 10.6. The summed E-state index contributed by atoms with van der Waals surface area (Å²) in [6, 6.07) is 5.98.